The van der Waals surface area contributed by atoms with Gasteiger partial charge in [0.25, 0.3) is 5.91 Å². The normalized spacial score (nSPS) is 16.1. The molecule has 188 valence electrons. The van der Waals surface area contributed by atoms with Crippen molar-refractivity contribution in [2.24, 2.45) is 10.7 Å². The molecule has 0 spiro atoms. The van der Waals surface area contributed by atoms with E-state index in [1.54, 1.807) is 32.0 Å². The molecule has 3 rings (SSSR count). The van der Waals surface area contributed by atoms with Gasteiger partial charge in [0.05, 0.1) is 5.69 Å². The third-order valence-corrected chi connectivity index (χ3v) is 5.14. The lowest BCUT2D eigenvalue weighted by atomic mass is 10.1. The van der Waals surface area contributed by atoms with E-state index in [4.69, 9.17) is 10.5 Å². The van der Waals surface area contributed by atoms with Crippen LogP contribution in [-0.2, 0) is 11.2 Å². The number of nitrogens with zero attached hydrogens (tertiary/aromatic N) is 2. The van der Waals surface area contributed by atoms with E-state index in [0.717, 1.165) is 24.5 Å². The van der Waals surface area contributed by atoms with Gasteiger partial charge in [-0.05, 0) is 55.4 Å². The van der Waals surface area contributed by atoms with Crippen LogP contribution in [0.3, 0.4) is 0 Å². The second kappa shape index (κ2) is 11.0. The Bertz CT molecular complexity index is 1290. The van der Waals surface area contributed by atoms with Crippen LogP contribution >= 0.6 is 0 Å². The third-order valence-electron chi connectivity index (χ3n) is 5.14. The number of anilines is 1. The van der Waals surface area contributed by atoms with E-state index in [2.05, 4.69) is 22.2 Å². The number of hydrogen-bond acceptors (Lipinski definition) is 5. The highest BCUT2D eigenvalue weighted by Gasteiger charge is 2.30. The largest absolute Gasteiger partial charge is 0.489 e. The number of nitrogens with one attached hydrogen (secondary N) is 1. The summed E-state index contributed by atoms with van der Waals surface area (Å²) in [6.45, 7) is 2.99. The van der Waals surface area contributed by atoms with Gasteiger partial charge in [-0.3, -0.25) is 4.79 Å². The first kappa shape index (κ1) is 26.4. The average Bonchev–Trinajstić information content (AvgIpc) is 2.93. The van der Waals surface area contributed by atoms with E-state index in [1.807, 2.05) is 0 Å². The van der Waals surface area contributed by atoms with Crippen molar-refractivity contribution >= 4 is 23.8 Å². The number of hydrogen-bond donors (Lipinski definition) is 3. The number of aliphatic imine (C=N–C) groups is 1. The van der Waals surface area contributed by atoms with Crippen molar-refractivity contribution in [2.45, 2.75) is 31.9 Å². The molecule has 8 nitrogen and oxygen atoms in total. The van der Waals surface area contributed by atoms with Crippen LogP contribution in [-0.4, -0.2) is 48.6 Å². The van der Waals surface area contributed by atoms with Crippen molar-refractivity contribution in [1.82, 2.24) is 5.32 Å². The minimum absolute atomic E-state index is 0.0123. The number of carbonyl (C=O) groups is 2. The standard InChI is InChI=1S/C26H26F2N4O4/c1-26(2,35)9-8-16-4-7-23-22(11-16)32(3)24(33)21(15-36-23)31-25(34)30-14-17(13-29)10-18-5-6-19(27)12-20(18)28/h4-7,11-14,21,35H,10,15,29H2,1-3H3,(H,31,34)/b17-13-,30-14+/t21-/m0/s1. The van der Waals surface area contributed by atoms with Crippen LogP contribution in [0, 0.1) is 23.5 Å². The van der Waals surface area contributed by atoms with Gasteiger partial charge in [0.2, 0.25) is 0 Å². The summed E-state index contributed by atoms with van der Waals surface area (Å²) < 4.78 is 32.7. The van der Waals surface area contributed by atoms with Crippen LogP contribution in [0.4, 0.5) is 19.3 Å². The van der Waals surface area contributed by atoms with Crippen molar-refractivity contribution in [2.75, 3.05) is 18.6 Å². The van der Waals surface area contributed by atoms with Crippen LogP contribution in [0.15, 0.2) is 53.2 Å². The molecule has 4 N–H and O–H groups in total. The Morgan fingerprint density at radius 3 is 2.75 bits per heavy atom. The molecular weight excluding hydrogens is 470 g/mol. The van der Waals surface area contributed by atoms with Crippen molar-refractivity contribution in [3.05, 3.63) is 70.9 Å². The predicted octanol–water partition coefficient (Wildman–Crippen LogP) is 2.68. The zero-order valence-corrected chi connectivity index (χ0v) is 20.0. The Balaban J connectivity index is 1.68. The van der Waals surface area contributed by atoms with Gasteiger partial charge in [-0.25, -0.2) is 18.6 Å². The molecule has 0 aliphatic carbocycles. The molecule has 36 heavy (non-hydrogen) atoms. The monoisotopic (exact) mass is 496 g/mol. The van der Waals surface area contributed by atoms with Crippen molar-refractivity contribution in [1.29, 1.82) is 0 Å². The molecule has 0 saturated carbocycles. The molecule has 0 unspecified atom stereocenters. The zero-order chi connectivity index (χ0) is 26.5. The fraction of sp³-hybridized carbons (Fsp3) is 0.269. The number of amides is 3. The van der Waals surface area contributed by atoms with Crippen molar-refractivity contribution < 1.29 is 28.2 Å². The lowest BCUT2D eigenvalue weighted by Gasteiger charge is -2.19. The van der Waals surface area contributed by atoms with Crippen molar-refractivity contribution in [3.8, 4) is 17.6 Å². The molecule has 0 radical (unpaired) electrons. The summed E-state index contributed by atoms with van der Waals surface area (Å²) in [6.07, 6.45) is 2.29. The smallest absolute Gasteiger partial charge is 0.341 e. The maximum Gasteiger partial charge on any atom is 0.341 e. The number of rotatable bonds is 4. The van der Waals surface area contributed by atoms with Crippen LogP contribution in [0.25, 0.3) is 0 Å². The second-order valence-corrected chi connectivity index (χ2v) is 8.61. The third kappa shape index (κ3) is 6.90. The minimum Gasteiger partial charge on any atom is -0.489 e. The number of aliphatic hydroxyl groups is 1. The number of carbonyl (C=O) groups excluding carboxylic acids is 2. The summed E-state index contributed by atoms with van der Waals surface area (Å²) in [5.41, 5.74) is 5.90. The Morgan fingerprint density at radius 2 is 2.08 bits per heavy atom. The van der Waals surface area contributed by atoms with Gasteiger partial charge in [-0.2, -0.15) is 0 Å². The molecule has 1 aliphatic heterocycles. The average molecular weight is 497 g/mol. The van der Waals surface area contributed by atoms with E-state index < -0.39 is 35.2 Å². The lowest BCUT2D eigenvalue weighted by Crippen LogP contribution is -2.48. The summed E-state index contributed by atoms with van der Waals surface area (Å²) >= 11 is 0. The SMILES string of the molecule is CN1C(=O)[C@@H](NC(=O)/N=C/C(=C\N)Cc2ccc(F)cc2F)COc2ccc(C#CC(C)(C)O)cc21. The number of fused-ring (bicyclic) bond motifs is 1. The molecule has 1 heterocycles. The lowest BCUT2D eigenvalue weighted by molar-refractivity contribution is -0.120. The molecule has 10 heteroatoms. The highest BCUT2D eigenvalue weighted by atomic mass is 19.1. The van der Waals surface area contributed by atoms with Gasteiger partial charge in [-0.1, -0.05) is 17.9 Å². The fourth-order valence-corrected chi connectivity index (χ4v) is 3.27. The fourth-order valence-electron chi connectivity index (χ4n) is 3.27. The number of likely N-dealkylation sites (N-methyl/N-ethyl adjacent to an activating group) is 1. The molecule has 1 atom stereocenters. The summed E-state index contributed by atoms with van der Waals surface area (Å²) in [4.78, 5) is 30.5. The molecule has 0 bridgehead atoms. The van der Waals surface area contributed by atoms with E-state index in [9.17, 15) is 23.5 Å². The minimum atomic E-state index is -1.17. The van der Waals surface area contributed by atoms with Crippen LogP contribution < -0.4 is 20.7 Å². The molecular formula is C26H26F2N4O4. The highest BCUT2D eigenvalue weighted by Crippen LogP contribution is 2.31. The van der Waals surface area contributed by atoms with Gasteiger partial charge in [0.1, 0.15) is 35.6 Å². The molecule has 0 saturated heterocycles. The van der Waals surface area contributed by atoms with Gasteiger partial charge >= 0.3 is 6.03 Å². The Kier molecular flexibility index (Phi) is 8.07. The first-order chi connectivity index (χ1) is 17.0. The van der Waals surface area contributed by atoms with Gasteiger partial charge in [0, 0.05) is 31.3 Å². The van der Waals surface area contributed by atoms with Gasteiger partial charge in [-0.15, -0.1) is 0 Å². The molecule has 2 aromatic carbocycles. The van der Waals surface area contributed by atoms with Gasteiger partial charge < -0.3 is 25.8 Å². The summed E-state index contributed by atoms with van der Waals surface area (Å²) in [5.74, 6) is 4.10. The summed E-state index contributed by atoms with van der Waals surface area (Å²) in [7, 11) is 1.54. The van der Waals surface area contributed by atoms with Crippen molar-refractivity contribution in [3.63, 3.8) is 0 Å². The molecule has 2 aromatic rings. The van der Waals surface area contributed by atoms with E-state index in [-0.39, 0.29) is 18.6 Å². The number of urea groups is 1. The topological polar surface area (TPSA) is 117 Å². The van der Waals surface area contributed by atoms with Crippen LogP contribution in [0.1, 0.15) is 25.0 Å². The number of halogens is 2. The van der Waals surface area contributed by atoms with E-state index in [1.165, 1.54) is 18.0 Å². The number of allylic oxidation sites excluding steroid dienone is 1. The van der Waals surface area contributed by atoms with E-state index >= 15 is 0 Å². The van der Waals surface area contributed by atoms with E-state index in [0.29, 0.717) is 22.6 Å². The Labute approximate surface area is 207 Å². The first-order valence-electron chi connectivity index (χ1n) is 11.0. The Hall–Kier alpha value is -4.23. The quantitative estimate of drug-likeness (QED) is 0.445. The molecule has 3 amide bonds. The number of benzene rings is 2. The zero-order valence-electron chi connectivity index (χ0n) is 20.0. The number of nitrogens with two attached hydrogens (primary N) is 1. The summed E-state index contributed by atoms with van der Waals surface area (Å²) in [5, 5.41) is 12.3. The maximum atomic E-state index is 13.9. The Morgan fingerprint density at radius 1 is 1.33 bits per heavy atom. The molecule has 0 fully saturated rings. The second-order valence-electron chi connectivity index (χ2n) is 8.61. The maximum absolute atomic E-state index is 13.9. The molecule has 1 aliphatic rings. The summed E-state index contributed by atoms with van der Waals surface area (Å²) in [6, 6.07) is 6.30. The first-order valence-corrected chi connectivity index (χ1v) is 11.0. The number of ether oxygens (including phenoxy) is 1. The van der Waals surface area contributed by atoms with Crippen LogP contribution in [0.2, 0.25) is 0 Å². The predicted molar refractivity (Wildman–Crippen MR) is 132 cm³/mol. The highest BCUT2D eigenvalue weighted by molar-refractivity contribution is 6.01. The molecule has 0 aromatic heterocycles. The van der Waals surface area contributed by atoms with Gasteiger partial charge in [0.15, 0.2) is 0 Å². The van der Waals surface area contributed by atoms with Crippen LogP contribution in [0.5, 0.6) is 5.75 Å².